The maximum Gasteiger partial charge on any atom is 0.407 e. The van der Waals surface area contributed by atoms with Crippen LogP contribution in [-0.2, 0) is 13.8 Å². The molecule has 0 aromatic rings. The lowest BCUT2D eigenvalue weighted by molar-refractivity contribution is -0.134. The molecule has 0 unspecified atom stereocenters. The zero-order valence-corrected chi connectivity index (χ0v) is 25.6. The number of hydrogen-bond acceptors (Lipinski definition) is 7. The molecular formula is C30H58ClN3O5. The van der Waals surface area contributed by atoms with Crippen molar-refractivity contribution >= 4 is 23.9 Å². The van der Waals surface area contributed by atoms with E-state index in [9.17, 15) is 14.7 Å². The number of nitrogens with one attached hydrogen (secondary N) is 1. The van der Waals surface area contributed by atoms with Crippen LogP contribution in [-0.4, -0.2) is 85.5 Å². The summed E-state index contributed by atoms with van der Waals surface area (Å²) in [4.78, 5) is 28.1. The van der Waals surface area contributed by atoms with Gasteiger partial charge in [-0.3, -0.25) is 14.6 Å². The molecule has 39 heavy (non-hydrogen) atoms. The molecule has 1 rings (SSSR count). The van der Waals surface area contributed by atoms with Gasteiger partial charge in [-0.15, -0.1) is 0 Å². The zero-order valence-electron chi connectivity index (χ0n) is 24.8. The highest BCUT2D eigenvalue weighted by atomic mass is 35.5. The fourth-order valence-corrected chi connectivity index (χ4v) is 5.47. The molecule has 1 fully saturated rings. The van der Waals surface area contributed by atoms with Crippen molar-refractivity contribution in [1.82, 2.24) is 15.1 Å². The van der Waals surface area contributed by atoms with Gasteiger partial charge in [0.2, 0.25) is 0 Å². The van der Waals surface area contributed by atoms with Crippen LogP contribution >= 0.6 is 11.9 Å². The van der Waals surface area contributed by atoms with Crippen LogP contribution in [0.15, 0.2) is 0 Å². The van der Waals surface area contributed by atoms with E-state index in [-0.39, 0.29) is 18.7 Å². The van der Waals surface area contributed by atoms with Crippen LogP contribution < -0.4 is 5.32 Å². The second kappa shape index (κ2) is 25.8. The third-order valence-corrected chi connectivity index (χ3v) is 7.95. The molecule has 1 aliphatic carbocycles. The molecule has 0 heterocycles. The summed E-state index contributed by atoms with van der Waals surface area (Å²) >= 11 is 5.12. The Kier molecular flexibility index (Phi) is 23.8. The SMILES string of the molecule is CCCCCCCCOC(=O)NCCCCCN(CCO)CCN(CCCCCC(=O)OCl)C1CCCCC1. The summed E-state index contributed by atoms with van der Waals surface area (Å²) in [6.45, 7) is 8.22. The number of aliphatic hydroxyl groups excluding tert-OH is 1. The van der Waals surface area contributed by atoms with Gasteiger partial charge in [-0.25, -0.2) is 4.79 Å². The summed E-state index contributed by atoms with van der Waals surface area (Å²) in [7, 11) is 0. The second-order valence-electron chi connectivity index (χ2n) is 11.0. The smallest absolute Gasteiger partial charge is 0.407 e. The molecule has 1 aliphatic rings. The van der Waals surface area contributed by atoms with Crippen LogP contribution in [0, 0.1) is 0 Å². The van der Waals surface area contributed by atoms with Crippen molar-refractivity contribution in [2.24, 2.45) is 0 Å². The minimum atomic E-state index is -0.348. The van der Waals surface area contributed by atoms with E-state index in [0.717, 1.165) is 77.5 Å². The predicted octanol–water partition coefficient (Wildman–Crippen LogP) is 6.43. The second-order valence-corrected chi connectivity index (χ2v) is 11.2. The topological polar surface area (TPSA) is 91.3 Å². The quantitative estimate of drug-likeness (QED) is 0.121. The maximum absolute atomic E-state index is 11.8. The summed E-state index contributed by atoms with van der Waals surface area (Å²) in [6, 6.07) is 0.648. The van der Waals surface area contributed by atoms with E-state index in [4.69, 9.17) is 16.6 Å². The third kappa shape index (κ3) is 20.4. The number of aliphatic hydroxyl groups is 1. The van der Waals surface area contributed by atoms with Gasteiger partial charge >= 0.3 is 12.1 Å². The number of halogens is 1. The van der Waals surface area contributed by atoms with Crippen LogP contribution in [0.2, 0.25) is 0 Å². The van der Waals surface area contributed by atoms with Gasteiger partial charge in [0.05, 0.1) is 13.2 Å². The number of alkyl carbamates (subject to hydrolysis) is 1. The van der Waals surface area contributed by atoms with Crippen molar-refractivity contribution in [3.63, 3.8) is 0 Å². The van der Waals surface area contributed by atoms with Crippen LogP contribution in [0.5, 0.6) is 0 Å². The Morgan fingerprint density at radius 1 is 0.821 bits per heavy atom. The Bertz CT molecular complexity index is 593. The van der Waals surface area contributed by atoms with E-state index in [2.05, 4.69) is 26.3 Å². The Morgan fingerprint density at radius 3 is 2.26 bits per heavy atom. The first kappa shape index (κ1) is 35.9. The molecule has 1 saturated carbocycles. The lowest BCUT2D eigenvalue weighted by Gasteiger charge is -2.36. The molecule has 0 radical (unpaired) electrons. The van der Waals surface area contributed by atoms with E-state index in [1.165, 1.54) is 57.8 Å². The molecule has 9 heteroatoms. The maximum atomic E-state index is 11.8. The number of hydrogen-bond donors (Lipinski definition) is 2. The summed E-state index contributed by atoms with van der Waals surface area (Å²) in [5.74, 6) is -0.348. The van der Waals surface area contributed by atoms with Crippen molar-refractivity contribution in [3.8, 4) is 0 Å². The fraction of sp³-hybridized carbons (Fsp3) is 0.933. The highest BCUT2D eigenvalue weighted by molar-refractivity contribution is 6.13. The van der Waals surface area contributed by atoms with E-state index >= 15 is 0 Å². The van der Waals surface area contributed by atoms with Crippen LogP contribution in [0.4, 0.5) is 4.79 Å². The monoisotopic (exact) mass is 575 g/mol. The summed E-state index contributed by atoms with van der Waals surface area (Å²) in [6.07, 6.45) is 19.6. The molecule has 0 bridgehead atoms. The summed E-state index contributed by atoms with van der Waals surface area (Å²) in [5.41, 5.74) is 0. The number of nitrogens with zero attached hydrogens (tertiary/aromatic N) is 2. The first-order valence-corrected chi connectivity index (χ1v) is 16.2. The molecule has 230 valence electrons. The molecule has 0 aliphatic heterocycles. The largest absolute Gasteiger partial charge is 0.450 e. The first-order chi connectivity index (χ1) is 19.1. The zero-order chi connectivity index (χ0) is 28.4. The summed E-state index contributed by atoms with van der Waals surface area (Å²) < 4.78 is 9.50. The number of unbranched alkanes of at least 4 members (excludes halogenated alkanes) is 9. The van der Waals surface area contributed by atoms with Crippen molar-refractivity contribution in [3.05, 3.63) is 0 Å². The minimum Gasteiger partial charge on any atom is -0.450 e. The number of ether oxygens (including phenoxy) is 1. The Balaban J connectivity index is 2.22. The van der Waals surface area contributed by atoms with Crippen molar-refractivity contribution in [1.29, 1.82) is 0 Å². The average molecular weight is 576 g/mol. The Morgan fingerprint density at radius 2 is 1.51 bits per heavy atom. The molecule has 0 spiro atoms. The number of carbonyl (C=O) groups excluding carboxylic acids is 2. The van der Waals surface area contributed by atoms with Gasteiger partial charge < -0.3 is 19.4 Å². The molecule has 0 aromatic carbocycles. The Labute approximate surface area is 243 Å². The normalized spacial score (nSPS) is 14.2. The van der Waals surface area contributed by atoms with Crippen molar-refractivity contribution in [2.75, 3.05) is 52.5 Å². The molecule has 0 saturated heterocycles. The fourth-order valence-electron chi connectivity index (χ4n) is 5.40. The van der Waals surface area contributed by atoms with Crippen LogP contribution in [0.3, 0.4) is 0 Å². The number of carbonyl (C=O) groups is 2. The van der Waals surface area contributed by atoms with Gasteiger partial charge in [0.1, 0.15) is 11.9 Å². The molecule has 2 N–H and O–H groups in total. The lowest BCUT2D eigenvalue weighted by Crippen LogP contribution is -2.43. The summed E-state index contributed by atoms with van der Waals surface area (Å²) in [5, 5.41) is 12.5. The molecule has 0 aromatic heterocycles. The van der Waals surface area contributed by atoms with Crippen LogP contribution in [0.25, 0.3) is 0 Å². The minimum absolute atomic E-state index is 0.173. The Hall–Kier alpha value is -1.09. The molecular weight excluding hydrogens is 518 g/mol. The van der Waals surface area contributed by atoms with Crippen molar-refractivity contribution < 1.29 is 23.7 Å². The first-order valence-electron chi connectivity index (χ1n) is 15.9. The van der Waals surface area contributed by atoms with E-state index in [1.807, 2.05) is 0 Å². The van der Waals surface area contributed by atoms with Gasteiger partial charge in [0, 0.05) is 38.6 Å². The number of rotatable bonds is 25. The standard InChI is InChI=1S/C30H58ClN3O5/c1-2-3-4-5-6-16-27-38-30(37)32-20-13-9-14-21-33(25-26-35)23-24-34(28-17-10-7-11-18-28)22-15-8-12-19-29(36)39-31/h28,35H,2-27H2,1H3,(H,32,37). The third-order valence-electron chi connectivity index (χ3n) is 7.77. The highest BCUT2D eigenvalue weighted by Crippen LogP contribution is 2.23. The molecule has 8 nitrogen and oxygen atoms in total. The van der Waals surface area contributed by atoms with E-state index in [0.29, 0.717) is 32.2 Å². The van der Waals surface area contributed by atoms with Gasteiger partial charge in [-0.1, -0.05) is 71.1 Å². The van der Waals surface area contributed by atoms with Crippen molar-refractivity contribution in [2.45, 2.75) is 129 Å². The molecule has 1 amide bonds. The van der Waals surface area contributed by atoms with Gasteiger partial charge in [-0.2, -0.15) is 0 Å². The average Bonchev–Trinajstić information content (AvgIpc) is 2.95. The van der Waals surface area contributed by atoms with Gasteiger partial charge in [-0.05, 0) is 58.0 Å². The van der Waals surface area contributed by atoms with Gasteiger partial charge in [0.15, 0.2) is 0 Å². The predicted molar refractivity (Wildman–Crippen MR) is 159 cm³/mol. The van der Waals surface area contributed by atoms with E-state index < -0.39 is 0 Å². The molecule has 0 atom stereocenters. The van der Waals surface area contributed by atoms with E-state index in [1.54, 1.807) is 0 Å². The van der Waals surface area contributed by atoms with Gasteiger partial charge in [0.25, 0.3) is 0 Å². The van der Waals surface area contributed by atoms with Crippen LogP contribution in [0.1, 0.15) is 122 Å². The highest BCUT2D eigenvalue weighted by Gasteiger charge is 2.21. The number of amides is 1. The lowest BCUT2D eigenvalue weighted by atomic mass is 9.94.